The molecule has 17 heavy (non-hydrogen) atoms. The number of hydrogen-bond acceptors (Lipinski definition) is 4. The lowest BCUT2D eigenvalue weighted by atomic mass is 10.2. The summed E-state index contributed by atoms with van der Waals surface area (Å²) in [6.45, 7) is 1.49. The molecule has 0 spiro atoms. The molecule has 0 bridgehead atoms. The second-order valence-electron chi connectivity index (χ2n) is 3.48. The summed E-state index contributed by atoms with van der Waals surface area (Å²) in [5, 5.41) is 18.1. The number of rotatable bonds is 6. The van der Waals surface area contributed by atoms with E-state index in [9.17, 15) is 9.90 Å². The van der Waals surface area contributed by atoms with Gasteiger partial charge in [-0.1, -0.05) is 6.92 Å². The average Bonchev–Trinajstić information content (AvgIpc) is 2.35. The Morgan fingerprint density at radius 2 is 2.18 bits per heavy atom. The molecule has 0 fully saturated rings. The number of aliphatic hydroxyl groups excluding tert-OH is 1. The van der Waals surface area contributed by atoms with E-state index < -0.39 is 12.1 Å². The summed E-state index contributed by atoms with van der Waals surface area (Å²) < 4.78 is 10.3. The topological polar surface area (TPSA) is 76.0 Å². The van der Waals surface area contributed by atoms with Crippen molar-refractivity contribution in [1.82, 2.24) is 0 Å². The Morgan fingerprint density at radius 1 is 1.47 bits per heavy atom. The molecule has 2 N–H and O–H groups in total. The number of carboxylic acid groups (broad SMARTS) is 1. The van der Waals surface area contributed by atoms with Crippen molar-refractivity contribution < 1.29 is 24.5 Å². The lowest BCUT2D eigenvalue weighted by Crippen LogP contribution is -2.26. The van der Waals surface area contributed by atoms with Crippen molar-refractivity contribution in [2.24, 2.45) is 0 Å². The molecule has 0 aliphatic heterocycles. The highest BCUT2D eigenvalue weighted by Gasteiger charge is 2.18. The zero-order chi connectivity index (χ0) is 12.8. The summed E-state index contributed by atoms with van der Waals surface area (Å²) in [6.07, 6.45) is -0.555. The van der Waals surface area contributed by atoms with Crippen molar-refractivity contribution >= 4 is 5.97 Å². The molecule has 5 nitrogen and oxygen atoms in total. The largest absolute Gasteiger partial charge is 0.497 e. The van der Waals surface area contributed by atoms with Crippen molar-refractivity contribution in [2.45, 2.75) is 26.1 Å². The van der Waals surface area contributed by atoms with Gasteiger partial charge in [0.25, 0.3) is 0 Å². The molecule has 0 saturated heterocycles. The fourth-order valence-electron chi connectivity index (χ4n) is 1.38. The zero-order valence-electron chi connectivity index (χ0n) is 9.84. The molecule has 1 aromatic carbocycles. The Kier molecular flexibility index (Phi) is 4.78. The number of methoxy groups -OCH3 is 1. The van der Waals surface area contributed by atoms with Gasteiger partial charge in [-0.2, -0.15) is 0 Å². The molecule has 1 unspecified atom stereocenters. The number of aliphatic hydroxyl groups is 1. The molecule has 94 valence electrons. The van der Waals surface area contributed by atoms with Crippen LogP contribution >= 0.6 is 0 Å². The van der Waals surface area contributed by atoms with Gasteiger partial charge < -0.3 is 19.7 Å². The average molecular weight is 240 g/mol. The van der Waals surface area contributed by atoms with E-state index in [0.717, 1.165) is 0 Å². The number of hydrogen-bond donors (Lipinski definition) is 2. The van der Waals surface area contributed by atoms with Crippen LogP contribution in [0.2, 0.25) is 0 Å². The lowest BCUT2D eigenvalue weighted by Gasteiger charge is -2.16. The van der Waals surface area contributed by atoms with Gasteiger partial charge in [0.05, 0.1) is 13.7 Å². The maximum Gasteiger partial charge on any atom is 0.344 e. The summed E-state index contributed by atoms with van der Waals surface area (Å²) >= 11 is 0. The minimum atomic E-state index is -1.02. The Morgan fingerprint density at radius 3 is 2.65 bits per heavy atom. The first-order valence-electron chi connectivity index (χ1n) is 5.29. The molecule has 0 aliphatic rings. The highest BCUT2D eigenvalue weighted by Crippen LogP contribution is 2.25. The molecular weight excluding hydrogens is 224 g/mol. The third kappa shape index (κ3) is 3.35. The number of aliphatic carboxylic acids is 1. The monoisotopic (exact) mass is 240 g/mol. The van der Waals surface area contributed by atoms with Crippen molar-refractivity contribution in [3.8, 4) is 11.5 Å². The highest BCUT2D eigenvalue weighted by atomic mass is 16.5. The van der Waals surface area contributed by atoms with Crippen LogP contribution in [0.1, 0.15) is 18.9 Å². The van der Waals surface area contributed by atoms with E-state index in [1.807, 2.05) is 0 Å². The zero-order valence-corrected chi connectivity index (χ0v) is 9.84. The standard InChI is InChI=1S/C12H16O5/c1-3-10(12(14)15)17-11-5-4-9(16-2)6-8(11)7-13/h4-6,10,13H,3,7H2,1-2H3,(H,14,15). The van der Waals surface area contributed by atoms with Crippen molar-refractivity contribution in [3.63, 3.8) is 0 Å². The van der Waals surface area contributed by atoms with Crippen molar-refractivity contribution in [1.29, 1.82) is 0 Å². The molecule has 0 heterocycles. The minimum absolute atomic E-state index is 0.234. The Hall–Kier alpha value is -1.75. The van der Waals surface area contributed by atoms with Crippen molar-refractivity contribution in [2.75, 3.05) is 7.11 Å². The van der Waals surface area contributed by atoms with E-state index in [1.165, 1.54) is 7.11 Å². The molecular formula is C12H16O5. The second-order valence-corrected chi connectivity index (χ2v) is 3.48. The first-order valence-corrected chi connectivity index (χ1v) is 5.29. The van der Waals surface area contributed by atoms with Crippen LogP contribution in [0, 0.1) is 0 Å². The van der Waals surface area contributed by atoms with E-state index in [4.69, 9.17) is 14.6 Å². The minimum Gasteiger partial charge on any atom is -0.497 e. The molecule has 0 aliphatic carbocycles. The van der Waals surface area contributed by atoms with Gasteiger partial charge >= 0.3 is 5.97 Å². The second kappa shape index (κ2) is 6.10. The van der Waals surface area contributed by atoms with Gasteiger partial charge in [0, 0.05) is 5.56 Å². The van der Waals surface area contributed by atoms with E-state index in [2.05, 4.69) is 0 Å². The van der Waals surface area contributed by atoms with Gasteiger partial charge in [0.2, 0.25) is 0 Å². The molecule has 0 amide bonds. The van der Waals surface area contributed by atoms with Gasteiger partial charge in [-0.3, -0.25) is 0 Å². The van der Waals surface area contributed by atoms with Gasteiger partial charge in [0.1, 0.15) is 11.5 Å². The third-order valence-electron chi connectivity index (χ3n) is 2.35. The van der Waals surface area contributed by atoms with Gasteiger partial charge in [-0.15, -0.1) is 0 Å². The third-order valence-corrected chi connectivity index (χ3v) is 2.35. The molecule has 0 radical (unpaired) electrons. The summed E-state index contributed by atoms with van der Waals surface area (Å²) in [7, 11) is 1.52. The summed E-state index contributed by atoms with van der Waals surface area (Å²) in [5.41, 5.74) is 0.504. The fraction of sp³-hybridized carbons (Fsp3) is 0.417. The Bertz CT molecular complexity index is 388. The molecule has 1 rings (SSSR count). The van der Waals surface area contributed by atoms with Crippen LogP contribution in [0.5, 0.6) is 11.5 Å². The van der Waals surface area contributed by atoms with Crippen LogP contribution < -0.4 is 9.47 Å². The first kappa shape index (κ1) is 13.3. The van der Waals surface area contributed by atoms with Gasteiger partial charge in [-0.05, 0) is 24.6 Å². The summed E-state index contributed by atoms with van der Waals surface area (Å²) in [4.78, 5) is 10.8. The van der Waals surface area contributed by atoms with E-state index in [-0.39, 0.29) is 6.61 Å². The number of carboxylic acids is 1. The van der Waals surface area contributed by atoms with Crippen LogP contribution in [0.3, 0.4) is 0 Å². The Labute approximate surface area is 99.6 Å². The van der Waals surface area contributed by atoms with Gasteiger partial charge in [0.15, 0.2) is 6.10 Å². The smallest absolute Gasteiger partial charge is 0.344 e. The first-order chi connectivity index (χ1) is 8.12. The normalized spacial score (nSPS) is 11.9. The molecule has 1 aromatic rings. The number of ether oxygens (including phenoxy) is 2. The quantitative estimate of drug-likeness (QED) is 0.786. The predicted octanol–water partition coefficient (Wildman–Crippen LogP) is 1.43. The van der Waals surface area contributed by atoms with Crippen LogP contribution in [0.4, 0.5) is 0 Å². The Balaban J connectivity index is 2.93. The lowest BCUT2D eigenvalue weighted by molar-refractivity contribution is -0.145. The molecule has 0 aromatic heterocycles. The van der Waals surface area contributed by atoms with Crippen LogP contribution in [0.15, 0.2) is 18.2 Å². The maximum absolute atomic E-state index is 10.8. The number of benzene rings is 1. The number of carbonyl (C=O) groups is 1. The maximum atomic E-state index is 10.8. The van der Waals surface area contributed by atoms with Crippen molar-refractivity contribution in [3.05, 3.63) is 23.8 Å². The molecule has 5 heteroatoms. The van der Waals surface area contributed by atoms with E-state index in [1.54, 1.807) is 25.1 Å². The molecule has 0 saturated carbocycles. The SMILES string of the molecule is CCC(Oc1ccc(OC)cc1CO)C(=O)O. The highest BCUT2D eigenvalue weighted by molar-refractivity contribution is 5.72. The van der Waals surface area contributed by atoms with E-state index >= 15 is 0 Å². The van der Waals surface area contributed by atoms with Crippen LogP contribution in [0.25, 0.3) is 0 Å². The van der Waals surface area contributed by atoms with E-state index in [0.29, 0.717) is 23.5 Å². The van der Waals surface area contributed by atoms with Crippen LogP contribution in [-0.2, 0) is 11.4 Å². The van der Waals surface area contributed by atoms with Gasteiger partial charge in [-0.25, -0.2) is 4.79 Å². The summed E-state index contributed by atoms with van der Waals surface area (Å²) in [6, 6.07) is 4.86. The summed E-state index contributed by atoms with van der Waals surface area (Å²) in [5.74, 6) is -0.0699. The fourth-order valence-corrected chi connectivity index (χ4v) is 1.38. The molecule has 1 atom stereocenters. The predicted molar refractivity (Wildman–Crippen MR) is 61.3 cm³/mol. The van der Waals surface area contributed by atoms with Crippen LogP contribution in [-0.4, -0.2) is 29.4 Å².